The van der Waals surface area contributed by atoms with Gasteiger partial charge in [-0.3, -0.25) is 0 Å². The van der Waals surface area contributed by atoms with Crippen LogP contribution in [0.3, 0.4) is 0 Å². The van der Waals surface area contributed by atoms with Crippen molar-refractivity contribution in [3.63, 3.8) is 0 Å². The van der Waals surface area contributed by atoms with Gasteiger partial charge >= 0.3 is 5.97 Å². The highest BCUT2D eigenvalue weighted by Crippen LogP contribution is 2.23. The fraction of sp³-hybridized carbons (Fsp3) is 0.222. The van der Waals surface area contributed by atoms with E-state index in [1.54, 1.807) is 6.20 Å². The second kappa shape index (κ2) is 3.62. The van der Waals surface area contributed by atoms with Crippen LogP contribution in [0.2, 0.25) is 0 Å². The van der Waals surface area contributed by atoms with Crippen molar-refractivity contribution >= 4 is 32.9 Å². The van der Waals surface area contributed by atoms with Crippen LogP contribution in [0.4, 0.5) is 0 Å². The number of halogens is 1. The number of methoxy groups -OCH3 is 1. The van der Waals surface area contributed by atoms with E-state index < -0.39 is 5.97 Å². The molecule has 0 unspecified atom stereocenters. The highest BCUT2D eigenvalue weighted by atomic mass is 79.9. The molecule has 15 heavy (non-hydrogen) atoms. The zero-order chi connectivity index (χ0) is 11.0. The Hall–Kier alpha value is -1.43. The van der Waals surface area contributed by atoms with Gasteiger partial charge in [0.25, 0.3) is 0 Å². The molecule has 0 amide bonds. The second-order valence-corrected chi connectivity index (χ2v) is 3.86. The van der Waals surface area contributed by atoms with Gasteiger partial charge in [0.05, 0.1) is 12.5 Å². The van der Waals surface area contributed by atoms with Crippen LogP contribution in [-0.4, -0.2) is 27.6 Å². The van der Waals surface area contributed by atoms with Gasteiger partial charge in [-0.1, -0.05) is 0 Å². The van der Waals surface area contributed by atoms with Gasteiger partial charge < -0.3 is 9.30 Å². The molecule has 0 aliphatic carbocycles. The minimum absolute atomic E-state index is 0.0682. The molecule has 0 radical (unpaired) electrons. The van der Waals surface area contributed by atoms with E-state index in [-0.39, 0.29) is 5.82 Å². The molecule has 0 aliphatic heterocycles. The number of hydrogen-bond acceptors (Lipinski definition) is 4. The van der Waals surface area contributed by atoms with Crippen molar-refractivity contribution in [2.24, 2.45) is 7.05 Å². The number of aromatic nitrogens is 3. The fourth-order valence-corrected chi connectivity index (χ4v) is 1.89. The molecule has 0 aromatic carbocycles. The van der Waals surface area contributed by atoms with E-state index in [1.807, 2.05) is 17.8 Å². The normalized spacial score (nSPS) is 10.6. The Morgan fingerprint density at radius 2 is 2.33 bits per heavy atom. The van der Waals surface area contributed by atoms with Crippen molar-refractivity contribution in [2.45, 2.75) is 0 Å². The first-order valence-electron chi connectivity index (χ1n) is 4.19. The van der Waals surface area contributed by atoms with E-state index in [0.717, 1.165) is 9.86 Å². The molecule has 0 aliphatic rings. The standard InChI is InChI=1S/C9H8BrN3O2/c1-13-4-6(10)5-3-11-7(9(14)15-2)12-8(5)13/h3-4H,1-2H3. The topological polar surface area (TPSA) is 57.0 Å². The third-order valence-corrected chi connectivity index (χ3v) is 2.67. The number of nitrogens with zero attached hydrogens (tertiary/aromatic N) is 3. The molecule has 0 saturated heterocycles. The summed E-state index contributed by atoms with van der Waals surface area (Å²) in [5.41, 5.74) is 0.692. The maximum absolute atomic E-state index is 11.2. The third kappa shape index (κ3) is 1.61. The minimum Gasteiger partial charge on any atom is -0.463 e. The highest BCUT2D eigenvalue weighted by molar-refractivity contribution is 9.10. The van der Waals surface area contributed by atoms with Crippen molar-refractivity contribution in [3.8, 4) is 0 Å². The maximum Gasteiger partial charge on any atom is 0.376 e. The zero-order valence-corrected chi connectivity index (χ0v) is 9.78. The number of carbonyl (C=O) groups is 1. The molecule has 2 aromatic rings. The number of carbonyl (C=O) groups excluding carboxylic acids is 1. The van der Waals surface area contributed by atoms with Gasteiger partial charge in [0.15, 0.2) is 0 Å². The summed E-state index contributed by atoms with van der Waals surface area (Å²) in [5.74, 6) is -0.465. The Morgan fingerprint density at radius 3 is 3.00 bits per heavy atom. The summed E-state index contributed by atoms with van der Waals surface area (Å²) in [5, 5.41) is 0.866. The second-order valence-electron chi connectivity index (χ2n) is 3.01. The summed E-state index contributed by atoms with van der Waals surface area (Å²) >= 11 is 3.38. The quantitative estimate of drug-likeness (QED) is 0.737. The molecular weight excluding hydrogens is 262 g/mol. The van der Waals surface area contributed by atoms with E-state index in [9.17, 15) is 4.79 Å². The first-order valence-corrected chi connectivity index (χ1v) is 4.98. The first kappa shape index (κ1) is 10.1. The molecule has 6 heteroatoms. The van der Waals surface area contributed by atoms with Gasteiger partial charge in [-0.25, -0.2) is 14.8 Å². The van der Waals surface area contributed by atoms with Crippen molar-refractivity contribution in [3.05, 3.63) is 22.7 Å². The van der Waals surface area contributed by atoms with Crippen LogP contribution < -0.4 is 0 Å². The van der Waals surface area contributed by atoms with Gasteiger partial charge in [0.2, 0.25) is 5.82 Å². The van der Waals surface area contributed by atoms with E-state index in [1.165, 1.54) is 7.11 Å². The smallest absolute Gasteiger partial charge is 0.376 e. The Bertz CT molecular complexity index is 535. The first-order chi connectivity index (χ1) is 7.13. The zero-order valence-electron chi connectivity index (χ0n) is 8.19. The molecule has 2 aromatic heterocycles. The number of rotatable bonds is 1. The van der Waals surface area contributed by atoms with Gasteiger partial charge in [0.1, 0.15) is 5.65 Å². The van der Waals surface area contributed by atoms with Crippen molar-refractivity contribution < 1.29 is 9.53 Å². The molecule has 2 rings (SSSR count). The van der Waals surface area contributed by atoms with Crippen LogP contribution in [0.5, 0.6) is 0 Å². The van der Waals surface area contributed by atoms with Gasteiger partial charge in [-0.05, 0) is 15.9 Å². The summed E-state index contributed by atoms with van der Waals surface area (Å²) in [6.07, 6.45) is 3.46. The van der Waals surface area contributed by atoms with E-state index >= 15 is 0 Å². The summed E-state index contributed by atoms with van der Waals surface area (Å²) in [6, 6.07) is 0. The Morgan fingerprint density at radius 1 is 1.60 bits per heavy atom. The predicted octanol–water partition coefficient (Wildman–Crippen LogP) is 1.52. The lowest BCUT2D eigenvalue weighted by Gasteiger charge is -1.98. The lowest BCUT2D eigenvalue weighted by atomic mass is 10.4. The lowest BCUT2D eigenvalue weighted by molar-refractivity contribution is 0.0587. The molecule has 5 nitrogen and oxygen atoms in total. The SMILES string of the molecule is COC(=O)c1ncc2c(Br)cn(C)c2n1. The molecule has 0 bridgehead atoms. The average Bonchev–Trinajstić information content (AvgIpc) is 2.53. The molecule has 0 saturated carbocycles. The van der Waals surface area contributed by atoms with Crippen LogP contribution in [-0.2, 0) is 11.8 Å². The highest BCUT2D eigenvalue weighted by Gasteiger charge is 2.13. The molecule has 0 spiro atoms. The monoisotopic (exact) mass is 269 g/mol. The molecule has 78 valence electrons. The molecular formula is C9H8BrN3O2. The van der Waals surface area contributed by atoms with E-state index in [0.29, 0.717) is 5.65 Å². The largest absolute Gasteiger partial charge is 0.463 e. The number of esters is 1. The maximum atomic E-state index is 11.2. The third-order valence-electron chi connectivity index (χ3n) is 2.03. The summed E-state index contributed by atoms with van der Waals surface area (Å²) < 4.78 is 7.26. The summed E-state index contributed by atoms with van der Waals surface area (Å²) in [6.45, 7) is 0. The van der Waals surface area contributed by atoms with Crippen LogP contribution in [0, 0.1) is 0 Å². The Kier molecular flexibility index (Phi) is 2.44. The average molecular weight is 270 g/mol. The predicted molar refractivity (Wildman–Crippen MR) is 57.5 cm³/mol. The van der Waals surface area contributed by atoms with Gasteiger partial charge in [-0.2, -0.15) is 0 Å². The molecule has 2 heterocycles. The number of ether oxygens (including phenoxy) is 1. The van der Waals surface area contributed by atoms with E-state index in [2.05, 4.69) is 30.6 Å². The number of aryl methyl sites for hydroxylation is 1. The van der Waals surface area contributed by atoms with Crippen molar-refractivity contribution in [2.75, 3.05) is 7.11 Å². The minimum atomic E-state index is -0.533. The lowest BCUT2D eigenvalue weighted by Crippen LogP contribution is -2.07. The van der Waals surface area contributed by atoms with Crippen molar-refractivity contribution in [1.29, 1.82) is 0 Å². The van der Waals surface area contributed by atoms with Crippen LogP contribution >= 0.6 is 15.9 Å². The Balaban J connectivity index is 2.65. The van der Waals surface area contributed by atoms with Crippen LogP contribution in [0.15, 0.2) is 16.9 Å². The number of hydrogen-bond donors (Lipinski definition) is 0. The molecule has 0 fully saturated rings. The van der Waals surface area contributed by atoms with Crippen LogP contribution in [0.1, 0.15) is 10.6 Å². The van der Waals surface area contributed by atoms with Crippen molar-refractivity contribution in [1.82, 2.24) is 14.5 Å². The Labute approximate surface area is 94.2 Å². The fourth-order valence-electron chi connectivity index (χ4n) is 1.30. The van der Waals surface area contributed by atoms with E-state index in [4.69, 9.17) is 0 Å². The summed E-state index contributed by atoms with van der Waals surface area (Å²) in [7, 11) is 3.15. The van der Waals surface area contributed by atoms with Gasteiger partial charge in [-0.15, -0.1) is 0 Å². The summed E-state index contributed by atoms with van der Waals surface area (Å²) in [4.78, 5) is 19.2. The molecule has 0 N–H and O–H groups in total. The number of fused-ring (bicyclic) bond motifs is 1. The van der Waals surface area contributed by atoms with Crippen LogP contribution in [0.25, 0.3) is 11.0 Å². The van der Waals surface area contributed by atoms with Gasteiger partial charge in [0, 0.05) is 23.9 Å². The molecule has 0 atom stereocenters.